The molecule has 0 fully saturated rings. The monoisotopic (exact) mass is 334 g/mol. The van der Waals surface area contributed by atoms with Gasteiger partial charge in [0, 0.05) is 12.0 Å². The van der Waals surface area contributed by atoms with Crippen LogP contribution in [0.1, 0.15) is 34.1 Å². The first-order valence-corrected chi connectivity index (χ1v) is 8.47. The van der Waals surface area contributed by atoms with Gasteiger partial charge in [-0.15, -0.1) is 0 Å². The number of thioether (sulfide) groups is 1. The van der Waals surface area contributed by atoms with Crippen molar-refractivity contribution in [2.45, 2.75) is 34.1 Å². The molecule has 0 saturated heterocycles. The molecule has 1 aliphatic rings. The van der Waals surface area contributed by atoms with E-state index in [4.69, 9.17) is 5.26 Å². The third-order valence-electron chi connectivity index (χ3n) is 3.72. The minimum absolute atomic E-state index is 0.117. The van der Waals surface area contributed by atoms with Crippen LogP contribution in [0.4, 0.5) is 0 Å². The maximum atomic E-state index is 12.0. The number of nitrogens with zero attached hydrogens (tertiary/aromatic N) is 2. The summed E-state index contributed by atoms with van der Waals surface area (Å²) in [5.41, 5.74) is -0.536. The second kappa shape index (κ2) is 8.03. The van der Waals surface area contributed by atoms with Gasteiger partial charge < -0.3 is 10.6 Å². The summed E-state index contributed by atoms with van der Waals surface area (Å²) < 4.78 is 0. The zero-order chi connectivity index (χ0) is 17.6. The number of nitriles is 2. The summed E-state index contributed by atoms with van der Waals surface area (Å²) in [6, 6.07) is 4.02. The molecule has 0 spiro atoms. The average molecular weight is 334 g/mol. The van der Waals surface area contributed by atoms with Crippen molar-refractivity contribution in [3.8, 4) is 12.1 Å². The lowest BCUT2D eigenvalue weighted by molar-refractivity contribution is -0.125. The van der Waals surface area contributed by atoms with Crippen LogP contribution in [0.3, 0.4) is 0 Å². The maximum Gasteiger partial charge on any atom is 0.243 e. The first-order chi connectivity index (χ1) is 10.7. The molecule has 1 rings (SSSR count). The lowest BCUT2D eigenvalue weighted by atomic mass is 9.72. The number of hydrogen-bond donors (Lipinski definition) is 2. The zero-order valence-corrected chi connectivity index (χ0v) is 14.7. The highest BCUT2D eigenvalue weighted by Crippen LogP contribution is 2.41. The molecular weight excluding hydrogens is 312 g/mol. The topological polar surface area (TPSA) is 106 Å². The van der Waals surface area contributed by atoms with E-state index in [1.165, 1.54) is 0 Å². The molecule has 0 aromatic rings. The van der Waals surface area contributed by atoms with E-state index in [1.54, 1.807) is 13.8 Å². The Morgan fingerprint density at radius 1 is 1.43 bits per heavy atom. The van der Waals surface area contributed by atoms with Crippen molar-refractivity contribution < 1.29 is 9.59 Å². The smallest absolute Gasteiger partial charge is 0.243 e. The second-order valence-corrected chi connectivity index (χ2v) is 7.40. The van der Waals surface area contributed by atoms with Crippen LogP contribution in [0.15, 0.2) is 10.6 Å². The van der Waals surface area contributed by atoms with E-state index in [2.05, 4.69) is 30.6 Å². The predicted molar refractivity (Wildman–Crippen MR) is 88.6 cm³/mol. The number of allylic oxidation sites excluding steroid dienone is 1. The molecule has 2 N–H and O–H groups in total. The van der Waals surface area contributed by atoms with Crippen molar-refractivity contribution in [2.75, 3.05) is 12.3 Å². The lowest BCUT2D eigenvalue weighted by Gasteiger charge is -2.34. The van der Waals surface area contributed by atoms with Crippen molar-refractivity contribution >= 4 is 23.6 Å². The Hall–Kier alpha value is -1.99. The normalized spacial score (nSPS) is 19.8. The summed E-state index contributed by atoms with van der Waals surface area (Å²) in [5, 5.41) is 24.3. The van der Waals surface area contributed by atoms with Crippen LogP contribution >= 0.6 is 11.8 Å². The van der Waals surface area contributed by atoms with Crippen molar-refractivity contribution in [1.29, 1.82) is 10.5 Å². The van der Waals surface area contributed by atoms with Gasteiger partial charge in [-0.1, -0.05) is 39.5 Å². The molecule has 0 unspecified atom stereocenters. The Morgan fingerprint density at radius 2 is 2.09 bits per heavy atom. The highest BCUT2D eigenvalue weighted by Gasteiger charge is 2.44. The maximum absolute atomic E-state index is 12.0. The van der Waals surface area contributed by atoms with Crippen LogP contribution in [-0.2, 0) is 9.59 Å². The van der Waals surface area contributed by atoms with Crippen LogP contribution in [0, 0.1) is 39.9 Å². The molecule has 2 amide bonds. The minimum Gasteiger partial charge on any atom is -0.355 e. The summed E-state index contributed by atoms with van der Waals surface area (Å²) in [6.07, 6.45) is 0.899. The van der Waals surface area contributed by atoms with E-state index >= 15 is 0 Å². The van der Waals surface area contributed by atoms with Gasteiger partial charge in [0.2, 0.25) is 11.8 Å². The number of nitrogens with one attached hydrogen (secondary N) is 2. The van der Waals surface area contributed by atoms with E-state index in [-0.39, 0.29) is 11.7 Å². The number of hydrogen-bond acceptors (Lipinski definition) is 5. The zero-order valence-electron chi connectivity index (χ0n) is 13.9. The molecule has 23 heavy (non-hydrogen) atoms. The van der Waals surface area contributed by atoms with E-state index in [9.17, 15) is 14.9 Å². The fourth-order valence-corrected chi connectivity index (χ4v) is 3.23. The third-order valence-corrected chi connectivity index (χ3v) is 4.73. The molecule has 6 nitrogen and oxygen atoms in total. The number of carbonyl (C=O) groups is 2. The summed E-state index contributed by atoms with van der Waals surface area (Å²) in [7, 11) is 0. The Labute approximate surface area is 141 Å². The molecular formula is C16H22N4O2S. The molecule has 7 heteroatoms. The Balaban J connectivity index is 2.77. The molecule has 0 saturated carbocycles. The fraction of sp³-hybridized carbons (Fsp3) is 0.625. The van der Waals surface area contributed by atoms with Crippen LogP contribution < -0.4 is 10.6 Å². The van der Waals surface area contributed by atoms with Gasteiger partial charge in [-0.2, -0.15) is 10.5 Å². The summed E-state index contributed by atoms with van der Waals surface area (Å²) in [4.78, 5) is 23.8. The van der Waals surface area contributed by atoms with Gasteiger partial charge in [-0.25, -0.2) is 0 Å². The fourth-order valence-electron chi connectivity index (χ4n) is 2.22. The highest BCUT2D eigenvalue weighted by molar-refractivity contribution is 8.03. The largest absolute Gasteiger partial charge is 0.355 e. The van der Waals surface area contributed by atoms with Crippen LogP contribution in [0.2, 0.25) is 0 Å². The number of rotatable bonds is 6. The van der Waals surface area contributed by atoms with Gasteiger partial charge in [-0.3, -0.25) is 9.59 Å². The molecule has 1 atom stereocenters. The van der Waals surface area contributed by atoms with Gasteiger partial charge in [0.05, 0.1) is 28.5 Å². The standard InChI is InChI=1S/C16H22N4O2S/c1-10(2)5-6-19-13(21)9-23-15-12(8-18)16(3,4)11(7-17)14(22)20-15/h10-11H,5-6,9H2,1-4H3,(H,19,21)(H,20,22)/t11-/m0/s1. The van der Waals surface area contributed by atoms with Crippen molar-refractivity contribution in [3.05, 3.63) is 10.6 Å². The van der Waals surface area contributed by atoms with Crippen molar-refractivity contribution in [3.63, 3.8) is 0 Å². The van der Waals surface area contributed by atoms with E-state index in [0.29, 0.717) is 23.1 Å². The summed E-state index contributed by atoms with van der Waals surface area (Å²) in [5.74, 6) is -0.862. The molecule has 0 aromatic carbocycles. The van der Waals surface area contributed by atoms with Gasteiger partial charge in [0.15, 0.2) is 0 Å². The van der Waals surface area contributed by atoms with Gasteiger partial charge in [0.1, 0.15) is 5.92 Å². The molecule has 0 aromatic heterocycles. The molecule has 0 aliphatic carbocycles. The Bertz CT molecular complexity index is 596. The minimum atomic E-state index is -0.915. The Morgan fingerprint density at radius 3 is 2.61 bits per heavy atom. The summed E-state index contributed by atoms with van der Waals surface area (Å²) >= 11 is 1.12. The second-order valence-electron chi connectivity index (χ2n) is 6.41. The SMILES string of the molecule is CC(C)CCNC(=O)CSC1=C(C#N)C(C)(C)[C@@H](C#N)C(=O)N1. The number of amides is 2. The van der Waals surface area contributed by atoms with Gasteiger partial charge in [0.25, 0.3) is 0 Å². The van der Waals surface area contributed by atoms with E-state index < -0.39 is 17.2 Å². The van der Waals surface area contributed by atoms with Crippen molar-refractivity contribution in [2.24, 2.45) is 17.3 Å². The molecule has 124 valence electrons. The number of carbonyl (C=O) groups excluding carboxylic acids is 2. The lowest BCUT2D eigenvalue weighted by Crippen LogP contribution is -2.44. The highest BCUT2D eigenvalue weighted by atomic mass is 32.2. The average Bonchev–Trinajstić information content (AvgIpc) is 2.44. The summed E-state index contributed by atoms with van der Waals surface area (Å²) in [6.45, 7) is 8.16. The van der Waals surface area contributed by atoms with E-state index in [1.807, 2.05) is 6.07 Å². The van der Waals surface area contributed by atoms with Crippen LogP contribution in [-0.4, -0.2) is 24.1 Å². The molecule has 1 aliphatic heterocycles. The third kappa shape index (κ3) is 4.74. The predicted octanol–water partition coefficient (Wildman–Crippen LogP) is 1.91. The molecule has 0 bridgehead atoms. The van der Waals surface area contributed by atoms with Gasteiger partial charge >= 0.3 is 0 Å². The first-order valence-electron chi connectivity index (χ1n) is 7.48. The first kappa shape index (κ1) is 19.1. The molecule has 0 radical (unpaired) electrons. The van der Waals surface area contributed by atoms with Crippen LogP contribution in [0.25, 0.3) is 0 Å². The van der Waals surface area contributed by atoms with Crippen molar-refractivity contribution in [1.82, 2.24) is 10.6 Å². The van der Waals surface area contributed by atoms with E-state index in [0.717, 1.165) is 18.2 Å². The Kier molecular flexibility index (Phi) is 6.65. The quantitative estimate of drug-likeness (QED) is 0.772. The van der Waals surface area contributed by atoms with Gasteiger partial charge in [-0.05, 0) is 12.3 Å². The molecule has 1 heterocycles. The van der Waals surface area contributed by atoms with Crippen LogP contribution in [0.5, 0.6) is 0 Å².